The van der Waals surface area contributed by atoms with Gasteiger partial charge in [0.25, 0.3) is 0 Å². The fraction of sp³-hybridized carbons (Fsp3) is 0.400. The van der Waals surface area contributed by atoms with Crippen molar-refractivity contribution in [1.29, 1.82) is 0 Å². The molecule has 0 aliphatic rings. The van der Waals surface area contributed by atoms with Crippen molar-refractivity contribution >= 4 is 65.3 Å². The topological polar surface area (TPSA) is 35.5 Å². The summed E-state index contributed by atoms with van der Waals surface area (Å²) in [6, 6.07) is 3.49. The lowest BCUT2D eigenvalue weighted by Gasteiger charge is -2.16. The first-order valence-electron chi connectivity index (χ1n) is 5.00. The lowest BCUT2D eigenvalue weighted by Crippen LogP contribution is -2.10. The molecule has 3 nitrogen and oxygen atoms in total. The average molecular weight is 440 g/mol. The smallest absolute Gasteiger partial charge is 0.371 e. The summed E-state index contributed by atoms with van der Waals surface area (Å²) in [4.78, 5) is 0. The summed E-state index contributed by atoms with van der Waals surface area (Å²) in [7, 11) is -1.97. The monoisotopic (exact) mass is 439 g/mol. The summed E-state index contributed by atoms with van der Waals surface area (Å²) in [5.74, 6) is 0. The van der Waals surface area contributed by atoms with E-state index in [1.807, 2.05) is 6.92 Å². The predicted molar refractivity (Wildman–Crippen MR) is 86.1 cm³/mol. The molecule has 2 unspecified atom stereocenters. The molecule has 0 heterocycles. The summed E-state index contributed by atoms with van der Waals surface area (Å²) < 4.78 is 22.2. The van der Waals surface area contributed by atoms with Gasteiger partial charge in [0, 0.05) is 20.8 Å². The van der Waals surface area contributed by atoms with Crippen LogP contribution in [0, 0.1) is 3.57 Å². The highest BCUT2D eigenvalue weighted by Gasteiger charge is 2.22. The number of thiol groups is 1. The van der Waals surface area contributed by atoms with Crippen LogP contribution in [0.2, 0.25) is 10.0 Å². The molecule has 0 N–H and O–H groups in total. The van der Waals surface area contributed by atoms with E-state index in [0.29, 0.717) is 22.2 Å². The van der Waals surface area contributed by atoms with Crippen LogP contribution in [-0.4, -0.2) is 13.2 Å². The van der Waals surface area contributed by atoms with Crippen molar-refractivity contribution in [1.82, 2.24) is 0 Å². The molecule has 0 radical (unpaired) electrons. The van der Waals surface area contributed by atoms with Crippen LogP contribution < -0.4 is 0 Å². The van der Waals surface area contributed by atoms with Crippen molar-refractivity contribution in [2.45, 2.75) is 13.0 Å². The van der Waals surface area contributed by atoms with E-state index >= 15 is 0 Å². The summed E-state index contributed by atoms with van der Waals surface area (Å²) in [5.41, 5.74) is 0.717. The molecule has 1 aromatic carbocycles. The second kappa shape index (κ2) is 8.25. The van der Waals surface area contributed by atoms with Gasteiger partial charge in [-0.3, -0.25) is 0 Å². The molecule has 2 atom stereocenters. The zero-order valence-corrected chi connectivity index (χ0v) is 14.9. The van der Waals surface area contributed by atoms with Crippen LogP contribution >= 0.6 is 65.3 Å². The Kier molecular flexibility index (Phi) is 7.77. The highest BCUT2D eigenvalue weighted by atomic mass is 127. The van der Waals surface area contributed by atoms with E-state index in [1.165, 1.54) is 0 Å². The third-order valence-corrected chi connectivity index (χ3v) is 4.66. The summed E-state index contributed by atoms with van der Waals surface area (Å²) in [6.07, 6.45) is -0.414. The zero-order chi connectivity index (χ0) is 13.7. The first kappa shape index (κ1) is 17.0. The maximum atomic E-state index is 10.9. The zero-order valence-electron chi connectivity index (χ0n) is 9.40. The third-order valence-electron chi connectivity index (χ3n) is 2.09. The number of hydrogen-bond donors (Lipinski definition) is 1. The fourth-order valence-corrected chi connectivity index (χ4v) is 2.92. The van der Waals surface area contributed by atoms with Gasteiger partial charge in [-0.2, -0.15) is 0 Å². The molecule has 1 aromatic rings. The lowest BCUT2D eigenvalue weighted by molar-refractivity contribution is 0.0297. The van der Waals surface area contributed by atoms with Gasteiger partial charge in [0.05, 0.1) is 5.02 Å². The van der Waals surface area contributed by atoms with Crippen molar-refractivity contribution in [2.24, 2.45) is 0 Å². The Bertz CT molecular complexity index is 447. The standard InChI is InChI=1S/C10H10Cl2IO3PS/c1-2-15-10(5-16-17(14)18)6-3-8(12)9(13)4-7(6)11/h3-4,10H,2,5H2,1H3/p+1. The Morgan fingerprint density at radius 1 is 1.44 bits per heavy atom. The number of rotatable bonds is 6. The lowest BCUT2D eigenvalue weighted by atomic mass is 10.1. The van der Waals surface area contributed by atoms with Crippen LogP contribution in [0.1, 0.15) is 18.6 Å². The van der Waals surface area contributed by atoms with Gasteiger partial charge in [-0.1, -0.05) is 23.2 Å². The Morgan fingerprint density at radius 2 is 2.11 bits per heavy atom. The SMILES string of the molecule is CCOC(CO[P+](=O)S)c1cc(Cl)c(I)cc1Cl. The Labute approximate surface area is 136 Å². The largest absolute Gasteiger partial charge is 0.582 e. The highest BCUT2D eigenvalue weighted by molar-refractivity contribution is 14.1. The minimum Gasteiger partial charge on any atom is -0.371 e. The van der Waals surface area contributed by atoms with E-state index in [1.54, 1.807) is 12.1 Å². The minimum absolute atomic E-state index is 0.114. The van der Waals surface area contributed by atoms with Crippen LogP contribution in [0.15, 0.2) is 12.1 Å². The maximum absolute atomic E-state index is 10.9. The molecule has 0 fully saturated rings. The molecule has 100 valence electrons. The van der Waals surface area contributed by atoms with Crippen molar-refractivity contribution in [3.8, 4) is 0 Å². The van der Waals surface area contributed by atoms with Gasteiger partial charge in [-0.15, -0.1) is 4.52 Å². The van der Waals surface area contributed by atoms with E-state index in [9.17, 15) is 4.57 Å². The van der Waals surface area contributed by atoms with Crippen molar-refractivity contribution in [2.75, 3.05) is 13.2 Å². The second-order valence-corrected chi connectivity index (χ2v) is 6.96. The van der Waals surface area contributed by atoms with Gasteiger partial charge in [-0.25, -0.2) is 0 Å². The highest BCUT2D eigenvalue weighted by Crippen LogP contribution is 2.35. The van der Waals surface area contributed by atoms with E-state index in [4.69, 9.17) is 32.5 Å². The van der Waals surface area contributed by atoms with E-state index < -0.39 is 13.3 Å². The molecule has 0 aliphatic heterocycles. The fourth-order valence-electron chi connectivity index (χ4n) is 1.35. The molecule has 0 spiro atoms. The molecule has 8 heteroatoms. The molecule has 1 rings (SSSR count). The molecule has 0 aromatic heterocycles. The van der Waals surface area contributed by atoms with Gasteiger partial charge in [-0.05, 0) is 46.2 Å². The molecule has 0 saturated heterocycles. The van der Waals surface area contributed by atoms with Crippen LogP contribution in [0.5, 0.6) is 0 Å². The van der Waals surface area contributed by atoms with Gasteiger partial charge >= 0.3 is 7.23 Å². The molecule has 0 bridgehead atoms. The van der Waals surface area contributed by atoms with Crippen molar-refractivity contribution in [3.05, 3.63) is 31.3 Å². The van der Waals surface area contributed by atoms with Crippen LogP contribution in [0.4, 0.5) is 0 Å². The van der Waals surface area contributed by atoms with Crippen molar-refractivity contribution in [3.63, 3.8) is 0 Å². The van der Waals surface area contributed by atoms with E-state index in [-0.39, 0.29) is 6.61 Å². The van der Waals surface area contributed by atoms with Gasteiger partial charge < -0.3 is 4.74 Å². The first-order chi connectivity index (χ1) is 8.45. The first-order valence-corrected chi connectivity index (χ1v) is 9.17. The van der Waals surface area contributed by atoms with E-state index in [0.717, 1.165) is 3.57 Å². The molecule has 18 heavy (non-hydrogen) atoms. The predicted octanol–water partition coefficient (Wildman–Crippen LogP) is 5.28. The number of hydrogen-bond acceptors (Lipinski definition) is 3. The average Bonchev–Trinajstić information content (AvgIpc) is 2.29. The minimum atomic E-state index is -1.97. The van der Waals surface area contributed by atoms with Gasteiger partial charge in [0.1, 0.15) is 25.0 Å². The van der Waals surface area contributed by atoms with Crippen LogP contribution in [0.3, 0.4) is 0 Å². The number of ether oxygens (including phenoxy) is 1. The van der Waals surface area contributed by atoms with Crippen molar-refractivity contribution < 1.29 is 13.8 Å². The quantitative estimate of drug-likeness (QED) is 0.283. The molecule has 0 saturated carbocycles. The molecular weight excluding hydrogens is 429 g/mol. The Hall–Kier alpha value is 0.900. The summed E-state index contributed by atoms with van der Waals surface area (Å²) >= 11 is 18.0. The van der Waals surface area contributed by atoms with Crippen LogP contribution in [-0.2, 0) is 13.8 Å². The van der Waals surface area contributed by atoms with Crippen LogP contribution in [0.25, 0.3) is 0 Å². The van der Waals surface area contributed by atoms with Gasteiger partial charge in [0.15, 0.2) is 0 Å². The number of halogens is 3. The third kappa shape index (κ3) is 5.12. The molecular formula is C10H11Cl2IO3PS+. The summed E-state index contributed by atoms with van der Waals surface area (Å²) in [6.45, 7) is 2.45. The maximum Gasteiger partial charge on any atom is 0.582 e. The Balaban J connectivity index is 2.97. The second-order valence-electron chi connectivity index (χ2n) is 3.27. The molecule has 0 aliphatic carbocycles. The van der Waals surface area contributed by atoms with Gasteiger partial charge in [0.2, 0.25) is 0 Å². The number of benzene rings is 1. The summed E-state index contributed by atoms with van der Waals surface area (Å²) in [5, 5.41) is 1.13. The normalized spacial score (nSPS) is 13.5. The molecule has 0 amide bonds. The van der Waals surface area contributed by atoms with E-state index in [2.05, 4.69) is 34.8 Å². The Morgan fingerprint density at radius 3 is 2.67 bits per heavy atom.